The molecule has 2 saturated carbocycles. The van der Waals surface area contributed by atoms with Crippen LogP contribution in [0.3, 0.4) is 0 Å². The first-order valence-electron chi connectivity index (χ1n) is 19.9. The molecule has 0 spiro atoms. The Morgan fingerprint density at radius 2 is 1.16 bits per heavy atom. The summed E-state index contributed by atoms with van der Waals surface area (Å²) >= 11 is 5.74. The molecule has 0 radical (unpaired) electrons. The number of nitrogens with zero attached hydrogens (tertiary/aromatic N) is 8. The summed E-state index contributed by atoms with van der Waals surface area (Å²) in [6, 6.07) is 0.237. The third kappa shape index (κ3) is 11.8. The molecule has 2 amide bonds. The normalized spacial score (nSPS) is 26.6. The van der Waals surface area contributed by atoms with Crippen molar-refractivity contribution < 1.29 is 33.6 Å². The molecule has 2 atom stereocenters. The summed E-state index contributed by atoms with van der Waals surface area (Å²) in [5.74, 6) is 1.17. The smallest absolute Gasteiger partial charge is 0.329 e. The average Bonchev–Trinajstić information content (AvgIpc) is 3.22. The van der Waals surface area contributed by atoms with Gasteiger partial charge in [-0.1, -0.05) is 0 Å². The zero-order valence-corrected chi connectivity index (χ0v) is 32.9. The van der Waals surface area contributed by atoms with E-state index in [-0.39, 0.29) is 76.2 Å². The second kappa shape index (κ2) is 20.2. The lowest BCUT2D eigenvalue weighted by Gasteiger charge is -2.34. The molecule has 2 aromatic heterocycles. The van der Waals surface area contributed by atoms with E-state index in [1.54, 1.807) is 0 Å². The number of nitro groups is 2. The predicted octanol–water partition coefficient (Wildman–Crippen LogP) is 4.06. The summed E-state index contributed by atoms with van der Waals surface area (Å²) in [5.41, 5.74) is -0.335. The van der Waals surface area contributed by atoms with E-state index in [9.17, 15) is 29.8 Å². The Bertz CT molecular complexity index is 1700. The van der Waals surface area contributed by atoms with Gasteiger partial charge in [0.05, 0.1) is 42.4 Å². The van der Waals surface area contributed by atoms with Crippen molar-refractivity contribution in [1.82, 2.24) is 29.7 Å². The van der Waals surface area contributed by atoms with Crippen LogP contribution in [-0.2, 0) is 23.8 Å². The standard InChI is InChI=1S/C21H32N6O5.C15H20ClN5O4/c1-14-12-17(6-9-32-14)24-21-22-13-18(27(29)30)19(25-21)23-16-4-2-15(3-5-16)20(28)26-7-10-31-11-8-26;16-15-17-9-12(21(23)24)13(19-15)18-11-3-1-10(2-4-11)14(22)20-5-7-25-8-6-20/h13-17H,2-12H2,1H3,(H2,22,23,24,25);9-11H,1-8H2,(H,17,18,19)/t14-,15?,16?,17-;/m0./s1. The number of rotatable bonds is 10. The van der Waals surface area contributed by atoms with Gasteiger partial charge in [0.15, 0.2) is 0 Å². The number of carbonyl (C=O) groups is 2. The Kier molecular flexibility index (Phi) is 14.9. The van der Waals surface area contributed by atoms with Gasteiger partial charge in [0.1, 0.15) is 12.4 Å². The van der Waals surface area contributed by atoms with E-state index in [2.05, 4.69) is 35.9 Å². The van der Waals surface area contributed by atoms with Gasteiger partial charge >= 0.3 is 11.4 Å². The zero-order valence-electron chi connectivity index (χ0n) is 32.2. The minimum Gasteiger partial charge on any atom is -0.378 e. The molecule has 57 heavy (non-hydrogen) atoms. The van der Waals surface area contributed by atoms with E-state index in [4.69, 9.17) is 25.8 Å². The Balaban J connectivity index is 0.000000199. The van der Waals surface area contributed by atoms with Crippen molar-refractivity contribution in [2.75, 3.05) is 75.2 Å². The van der Waals surface area contributed by atoms with E-state index in [0.29, 0.717) is 65.2 Å². The van der Waals surface area contributed by atoms with Crippen molar-refractivity contribution in [2.45, 2.75) is 95.4 Å². The van der Waals surface area contributed by atoms with E-state index in [1.165, 1.54) is 6.20 Å². The van der Waals surface area contributed by atoms with Crippen LogP contribution >= 0.6 is 11.6 Å². The van der Waals surface area contributed by atoms with Gasteiger partial charge in [-0.15, -0.1) is 0 Å². The fraction of sp³-hybridized carbons (Fsp3) is 0.722. The van der Waals surface area contributed by atoms with Crippen molar-refractivity contribution in [1.29, 1.82) is 0 Å². The Labute approximate surface area is 335 Å². The van der Waals surface area contributed by atoms with Crippen molar-refractivity contribution in [3.63, 3.8) is 0 Å². The van der Waals surface area contributed by atoms with Crippen LogP contribution in [0.25, 0.3) is 0 Å². The number of aromatic nitrogens is 4. The number of halogens is 1. The van der Waals surface area contributed by atoms with Gasteiger partial charge in [-0.05, 0) is 82.7 Å². The van der Waals surface area contributed by atoms with Crippen LogP contribution < -0.4 is 16.0 Å². The molecule has 5 aliphatic rings. The molecule has 3 saturated heterocycles. The number of ether oxygens (including phenoxy) is 3. The maximum atomic E-state index is 12.7. The number of hydrogen-bond donors (Lipinski definition) is 3. The van der Waals surface area contributed by atoms with Gasteiger partial charge in [0, 0.05) is 62.7 Å². The SMILES string of the molecule is C[C@H]1C[C@@H](Nc2ncc([N+](=O)[O-])c(NC3CCC(C(=O)N4CCOCC4)CC3)n2)CCO1.O=C(C1CCC(Nc2nc(Cl)ncc2[N+](=O)[O-])CC1)N1CCOCC1. The van der Waals surface area contributed by atoms with Gasteiger partial charge in [-0.25, -0.2) is 9.97 Å². The van der Waals surface area contributed by atoms with Crippen LogP contribution in [0, 0.1) is 32.1 Å². The number of hydrogen-bond acceptors (Lipinski definition) is 16. The monoisotopic (exact) mass is 817 g/mol. The van der Waals surface area contributed by atoms with E-state index in [1.807, 2.05) is 16.7 Å². The first-order valence-corrected chi connectivity index (χ1v) is 20.2. The van der Waals surface area contributed by atoms with Crippen LogP contribution in [-0.4, -0.2) is 135 Å². The van der Waals surface area contributed by atoms with Crippen molar-refractivity contribution in [3.8, 4) is 0 Å². The second-order valence-electron chi connectivity index (χ2n) is 15.1. The fourth-order valence-corrected chi connectivity index (χ4v) is 8.16. The number of nitrogens with one attached hydrogen (secondary N) is 3. The molecule has 0 bridgehead atoms. The molecule has 5 fully saturated rings. The first kappa shape index (κ1) is 42.1. The molecular weight excluding hydrogens is 766 g/mol. The predicted molar refractivity (Wildman–Crippen MR) is 208 cm³/mol. The van der Waals surface area contributed by atoms with Crippen molar-refractivity contribution in [3.05, 3.63) is 37.9 Å². The van der Waals surface area contributed by atoms with E-state index >= 15 is 0 Å². The lowest BCUT2D eigenvalue weighted by Crippen LogP contribution is -2.45. The lowest BCUT2D eigenvalue weighted by molar-refractivity contribution is -0.384. The molecule has 312 valence electrons. The maximum Gasteiger partial charge on any atom is 0.329 e. The molecule has 0 unspecified atom stereocenters. The molecule has 21 heteroatoms. The van der Waals surface area contributed by atoms with Gasteiger partial charge in [-0.3, -0.25) is 29.8 Å². The molecule has 3 aliphatic heterocycles. The summed E-state index contributed by atoms with van der Waals surface area (Å²) in [6.45, 7) is 7.72. The van der Waals surface area contributed by atoms with Crippen LogP contribution in [0.1, 0.15) is 71.1 Å². The van der Waals surface area contributed by atoms with Crippen molar-refractivity contribution >= 4 is 52.4 Å². The zero-order chi connectivity index (χ0) is 40.3. The first-order chi connectivity index (χ1) is 27.5. The molecule has 2 aromatic rings. The lowest BCUT2D eigenvalue weighted by atomic mass is 9.85. The number of morpholine rings is 2. The van der Waals surface area contributed by atoms with Gasteiger partial charge in [0.2, 0.25) is 34.7 Å². The number of amides is 2. The largest absolute Gasteiger partial charge is 0.378 e. The third-order valence-corrected chi connectivity index (χ3v) is 11.4. The highest BCUT2D eigenvalue weighted by Crippen LogP contribution is 2.33. The summed E-state index contributed by atoms with van der Waals surface area (Å²) in [6.07, 6.45) is 10.3. The summed E-state index contributed by atoms with van der Waals surface area (Å²) in [7, 11) is 0. The van der Waals surface area contributed by atoms with Gasteiger partial charge in [0.25, 0.3) is 0 Å². The summed E-state index contributed by atoms with van der Waals surface area (Å²) in [5, 5.41) is 32.2. The van der Waals surface area contributed by atoms with Crippen molar-refractivity contribution in [2.24, 2.45) is 11.8 Å². The van der Waals surface area contributed by atoms with Gasteiger partial charge < -0.3 is 40.0 Å². The molecule has 7 rings (SSSR count). The highest BCUT2D eigenvalue weighted by atomic mass is 35.5. The minimum absolute atomic E-state index is 0.0132. The molecule has 5 heterocycles. The maximum absolute atomic E-state index is 12.7. The Hall–Kier alpha value is -4.53. The summed E-state index contributed by atoms with van der Waals surface area (Å²) in [4.78, 5) is 66.8. The fourth-order valence-electron chi connectivity index (χ4n) is 8.03. The van der Waals surface area contributed by atoms with E-state index < -0.39 is 9.85 Å². The number of carbonyl (C=O) groups excluding carboxylic acids is 2. The highest BCUT2D eigenvalue weighted by Gasteiger charge is 2.33. The molecular formula is C36H52ClN11O9. The van der Waals surface area contributed by atoms with Crippen LogP contribution in [0.4, 0.5) is 29.0 Å². The molecule has 3 N–H and O–H groups in total. The van der Waals surface area contributed by atoms with Gasteiger partial charge in [-0.2, -0.15) is 9.97 Å². The van der Waals surface area contributed by atoms with Crippen LogP contribution in [0.2, 0.25) is 5.28 Å². The van der Waals surface area contributed by atoms with Crippen LogP contribution in [0.15, 0.2) is 12.4 Å². The Morgan fingerprint density at radius 1 is 0.684 bits per heavy atom. The second-order valence-corrected chi connectivity index (χ2v) is 15.5. The third-order valence-electron chi connectivity index (χ3n) is 11.2. The van der Waals surface area contributed by atoms with E-state index in [0.717, 1.165) is 70.4 Å². The Morgan fingerprint density at radius 3 is 1.63 bits per heavy atom. The summed E-state index contributed by atoms with van der Waals surface area (Å²) < 4.78 is 16.2. The topological polar surface area (TPSA) is 242 Å². The highest BCUT2D eigenvalue weighted by molar-refractivity contribution is 6.28. The number of anilines is 3. The quantitative estimate of drug-likeness (QED) is 0.174. The minimum atomic E-state index is -0.535. The molecule has 0 aromatic carbocycles. The van der Waals surface area contributed by atoms with Crippen LogP contribution in [0.5, 0.6) is 0 Å². The molecule has 2 aliphatic carbocycles. The average molecular weight is 818 g/mol. The molecule has 20 nitrogen and oxygen atoms in total.